The third-order valence-corrected chi connectivity index (χ3v) is 3.80. The number of benzene rings is 1. The maximum absolute atomic E-state index is 12.3. The van der Waals surface area contributed by atoms with Crippen molar-refractivity contribution in [2.24, 2.45) is 5.92 Å². The summed E-state index contributed by atoms with van der Waals surface area (Å²) in [5.74, 6) is -0.954. The van der Waals surface area contributed by atoms with E-state index in [2.05, 4.69) is 16.0 Å². The maximum Gasteiger partial charge on any atom is 0.308 e. The third kappa shape index (κ3) is 8.21. The highest BCUT2D eigenvalue weighted by atomic mass is 16.5. The largest absolute Gasteiger partial charge is 0.461 e. The van der Waals surface area contributed by atoms with Crippen molar-refractivity contribution >= 4 is 23.5 Å². The lowest BCUT2D eigenvalue weighted by molar-refractivity contribution is -0.148. The van der Waals surface area contributed by atoms with Crippen LogP contribution in [-0.2, 0) is 25.7 Å². The van der Waals surface area contributed by atoms with Gasteiger partial charge in [-0.2, -0.15) is 0 Å². The number of carbonyl (C=O) groups is 3. The summed E-state index contributed by atoms with van der Waals surface area (Å²) in [6, 6.07) is 6.14. The quantitative estimate of drug-likeness (QED) is 0.574. The van der Waals surface area contributed by atoms with Crippen molar-refractivity contribution < 1.29 is 19.1 Å². The van der Waals surface area contributed by atoms with Gasteiger partial charge in [-0.3, -0.25) is 14.4 Å². The van der Waals surface area contributed by atoms with Gasteiger partial charge in [-0.1, -0.05) is 39.8 Å². The molecule has 7 nitrogen and oxygen atoms in total. The van der Waals surface area contributed by atoms with Crippen molar-refractivity contribution in [1.82, 2.24) is 10.6 Å². The van der Waals surface area contributed by atoms with Gasteiger partial charge in [0.25, 0.3) is 0 Å². The lowest BCUT2D eigenvalue weighted by atomic mass is 10.2. The Hall–Kier alpha value is -2.41. The highest BCUT2D eigenvalue weighted by Gasteiger charge is 2.20. The molecular formula is C20H31N3O4. The van der Waals surface area contributed by atoms with Gasteiger partial charge in [-0.15, -0.1) is 0 Å². The van der Waals surface area contributed by atoms with E-state index >= 15 is 0 Å². The van der Waals surface area contributed by atoms with E-state index < -0.39 is 6.04 Å². The number of carbonyl (C=O) groups excluding carboxylic acids is 3. The van der Waals surface area contributed by atoms with Crippen LogP contribution in [0.25, 0.3) is 0 Å². The third-order valence-electron chi connectivity index (χ3n) is 3.80. The van der Waals surface area contributed by atoms with Gasteiger partial charge in [0.1, 0.15) is 12.6 Å². The molecule has 1 aromatic rings. The Kier molecular flexibility index (Phi) is 8.94. The summed E-state index contributed by atoms with van der Waals surface area (Å²) in [5, 5.41) is 8.53. The smallest absolute Gasteiger partial charge is 0.308 e. The van der Waals surface area contributed by atoms with Crippen LogP contribution in [0.2, 0.25) is 0 Å². The molecule has 150 valence electrons. The summed E-state index contributed by atoms with van der Waals surface area (Å²) in [6.45, 7) is 11.0. The topological polar surface area (TPSA) is 96.5 Å². The molecule has 0 fully saturated rings. The standard InChI is InChI=1S/C20H31N3O4/c1-12(2)20(26)27-11-16-7-9-17(10-8-16)23-19(25)15(6)22-18(24)14(5)21-13(3)4/h7-10,12-15,21H,11H2,1-6H3,(H,22,24)(H,23,25). The highest BCUT2D eigenvalue weighted by Crippen LogP contribution is 2.12. The fourth-order valence-electron chi connectivity index (χ4n) is 2.24. The lowest BCUT2D eigenvalue weighted by Crippen LogP contribution is -2.50. The predicted molar refractivity (Wildman–Crippen MR) is 105 cm³/mol. The molecule has 2 unspecified atom stereocenters. The van der Waals surface area contributed by atoms with Crippen molar-refractivity contribution in [2.75, 3.05) is 5.32 Å². The number of anilines is 1. The Bertz CT molecular complexity index is 641. The van der Waals surface area contributed by atoms with E-state index in [0.29, 0.717) is 5.69 Å². The highest BCUT2D eigenvalue weighted by molar-refractivity contribution is 5.97. The molecule has 0 aliphatic heterocycles. The van der Waals surface area contributed by atoms with Crippen molar-refractivity contribution in [1.29, 1.82) is 0 Å². The minimum Gasteiger partial charge on any atom is -0.461 e. The van der Waals surface area contributed by atoms with Gasteiger partial charge >= 0.3 is 5.97 Å². The van der Waals surface area contributed by atoms with Crippen LogP contribution in [0.15, 0.2) is 24.3 Å². The average molecular weight is 377 g/mol. The number of hydrogen-bond acceptors (Lipinski definition) is 5. The minimum atomic E-state index is -0.666. The van der Waals surface area contributed by atoms with E-state index in [1.807, 2.05) is 13.8 Å². The molecule has 0 saturated carbocycles. The van der Waals surface area contributed by atoms with Gasteiger partial charge in [-0.05, 0) is 31.5 Å². The van der Waals surface area contributed by atoms with Crippen molar-refractivity contribution in [3.63, 3.8) is 0 Å². The summed E-state index contributed by atoms with van der Waals surface area (Å²) < 4.78 is 5.16. The molecular weight excluding hydrogens is 346 g/mol. The number of rotatable bonds is 9. The first-order chi connectivity index (χ1) is 12.6. The second kappa shape index (κ2) is 10.7. The number of hydrogen-bond donors (Lipinski definition) is 3. The number of amides is 2. The van der Waals surface area contributed by atoms with E-state index in [1.165, 1.54) is 0 Å². The first-order valence-electron chi connectivity index (χ1n) is 9.23. The number of esters is 1. The Balaban J connectivity index is 2.51. The molecule has 0 heterocycles. The molecule has 0 bridgehead atoms. The molecule has 2 amide bonds. The van der Waals surface area contributed by atoms with Crippen LogP contribution in [0.1, 0.15) is 47.1 Å². The molecule has 27 heavy (non-hydrogen) atoms. The molecule has 0 aliphatic carbocycles. The molecule has 0 radical (unpaired) electrons. The first kappa shape index (κ1) is 22.6. The lowest BCUT2D eigenvalue weighted by Gasteiger charge is -2.20. The summed E-state index contributed by atoms with van der Waals surface area (Å²) >= 11 is 0. The van der Waals surface area contributed by atoms with Gasteiger partial charge in [0, 0.05) is 11.7 Å². The number of ether oxygens (including phenoxy) is 1. The van der Waals surface area contributed by atoms with Gasteiger partial charge in [-0.25, -0.2) is 0 Å². The van der Waals surface area contributed by atoms with Gasteiger partial charge in [0.15, 0.2) is 0 Å². The van der Waals surface area contributed by atoms with Crippen molar-refractivity contribution in [3.8, 4) is 0 Å². The van der Waals surface area contributed by atoms with Crippen LogP contribution < -0.4 is 16.0 Å². The molecule has 1 rings (SSSR count). The van der Waals surface area contributed by atoms with Gasteiger partial charge in [0.2, 0.25) is 11.8 Å². The van der Waals surface area contributed by atoms with Crippen molar-refractivity contribution in [2.45, 2.75) is 66.3 Å². The van der Waals surface area contributed by atoms with Gasteiger partial charge < -0.3 is 20.7 Å². The monoisotopic (exact) mass is 377 g/mol. The van der Waals surface area contributed by atoms with Crippen LogP contribution >= 0.6 is 0 Å². The fraction of sp³-hybridized carbons (Fsp3) is 0.550. The molecule has 2 atom stereocenters. The Labute approximate surface area is 161 Å². The van der Waals surface area contributed by atoms with E-state index in [-0.39, 0.29) is 42.4 Å². The average Bonchev–Trinajstić information content (AvgIpc) is 2.59. The van der Waals surface area contributed by atoms with Crippen LogP contribution in [-0.4, -0.2) is 35.9 Å². The van der Waals surface area contributed by atoms with Crippen molar-refractivity contribution in [3.05, 3.63) is 29.8 Å². The zero-order chi connectivity index (χ0) is 20.6. The zero-order valence-corrected chi connectivity index (χ0v) is 17.0. The second-order valence-electron chi connectivity index (χ2n) is 7.22. The number of nitrogens with one attached hydrogen (secondary N) is 3. The summed E-state index contributed by atoms with van der Waals surface area (Å²) in [6.07, 6.45) is 0. The minimum absolute atomic E-state index is 0.168. The van der Waals surface area contributed by atoms with Gasteiger partial charge in [0.05, 0.1) is 12.0 Å². The Morgan fingerprint density at radius 2 is 1.48 bits per heavy atom. The van der Waals surface area contributed by atoms with E-state index in [0.717, 1.165) is 5.56 Å². The molecule has 0 aliphatic rings. The molecule has 0 saturated heterocycles. The SMILES string of the molecule is CC(C)NC(C)C(=O)NC(C)C(=O)Nc1ccc(COC(=O)C(C)C)cc1. The zero-order valence-electron chi connectivity index (χ0n) is 17.0. The Morgan fingerprint density at radius 3 is 2.00 bits per heavy atom. The molecule has 3 N–H and O–H groups in total. The molecule has 1 aromatic carbocycles. The van der Waals surface area contributed by atoms with E-state index in [9.17, 15) is 14.4 Å². The molecule has 0 spiro atoms. The summed E-state index contributed by atoms with van der Waals surface area (Å²) in [7, 11) is 0. The summed E-state index contributed by atoms with van der Waals surface area (Å²) in [4.78, 5) is 35.8. The van der Waals surface area contributed by atoms with Crippen LogP contribution in [0.3, 0.4) is 0 Å². The molecule has 7 heteroatoms. The first-order valence-corrected chi connectivity index (χ1v) is 9.23. The van der Waals surface area contributed by atoms with Crippen LogP contribution in [0.4, 0.5) is 5.69 Å². The normalized spacial score (nSPS) is 13.2. The predicted octanol–water partition coefficient (Wildman–Crippen LogP) is 2.22. The van der Waals surface area contributed by atoms with Crippen LogP contribution in [0, 0.1) is 5.92 Å². The molecule has 0 aromatic heterocycles. The Morgan fingerprint density at radius 1 is 0.889 bits per heavy atom. The fourth-order valence-corrected chi connectivity index (χ4v) is 2.24. The maximum atomic E-state index is 12.3. The summed E-state index contributed by atoms with van der Waals surface area (Å²) in [5.41, 5.74) is 1.44. The van der Waals surface area contributed by atoms with E-state index in [4.69, 9.17) is 4.74 Å². The van der Waals surface area contributed by atoms with Crippen LogP contribution in [0.5, 0.6) is 0 Å². The van der Waals surface area contributed by atoms with E-state index in [1.54, 1.807) is 52.0 Å². The second-order valence-corrected chi connectivity index (χ2v) is 7.22.